The lowest BCUT2D eigenvalue weighted by molar-refractivity contribution is -0.125. The highest BCUT2D eigenvalue weighted by Crippen LogP contribution is 2.42. The minimum absolute atomic E-state index is 0.0160. The molecule has 3 aromatic rings. The van der Waals surface area contributed by atoms with Crippen molar-refractivity contribution in [2.75, 3.05) is 33.4 Å². The van der Waals surface area contributed by atoms with Crippen LogP contribution in [0.25, 0.3) is 0 Å². The summed E-state index contributed by atoms with van der Waals surface area (Å²) >= 11 is 0. The molecule has 0 spiro atoms. The number of rotatable bonds is 8. The van der Waals surface area contributed by atoms with Crippen LogP contribution in [0.15, 0.2) is 84.9 Å². The SMILES string of the molecule is COCCN1C(=O)c2ccccc2C(C(=O)NC2CCN(Cc3ccccc3)CC2)C1c1ccccc1. The average Bonchev–Trinajstić information content (AvgIpc) is 2.94. The Kier molecular flexibility index (Phi) is 7.97. The third kappa shape index (κ3) is 5.60. The number of ether oxygens (including phenoxy) is 1. The number of piperidine rings is 1. The van der Waals surface area contributed by atoms with E-state index in [1.54, 1.807) is 7.11 Å². The van der Waals surface area contributed by atoms with Gasteiger partial charge in [0, 0.05) is 44.9 Å². The molecular weight excluding hydrogens is 462 g/mol. The Balaban J connectivity index is 1.37. The maximum Gasteiger partial charge on any atom is 0.254 e. The van der Waals surface area contributed by atoms with E-state index in [9.17, 15) is 9.59 Å². The van der Waals surface area contributed by atoms with Crippen molar-refractivity contribution < 1.29 is 14.3 Å². The molecule has 2 amide bonds. The van der Waals surface area contributed by atoms with Crippen LogP contribution in [-0.2, 0) is 16.1 Å². The normalized spacial score (nSPS) is 20.5. The van der Waals surface area contributed by atoms with Gasteiger partial charge in [-0.05, 0) is 35.6 Å². The van der Waals surface area contributed by atoms with Crippen LogP contribution < -0.4 is 5.32 Å². The fourth-order valence-corrected chi connectivity index (χ4v) is 5.70. The fourth-order valence-electron chi connectivity index (χ4n) is 5.70. The quantitative estimate of drug-likeness (QED) is 0.501. The van der Waals surface area contributed by atoms with Gasteiger partial charge in [0.25, 0.3) is 5.91 Å². The van der Waals surface area contributed by atoms with Crippen LogP contribution in [0.2, 0.25) is 0 Å². The van der Waals surface area contributed by atoms with Crippen molar-refractivity contribution in [1.29, 1.82) is 0 Å². The van der Waals surface area contributed by atoms with Crippen molar-refractivity contribution in [3.8, 4) is 0 Å². The van der Waals surface area contributed by atoms with Gasteiger partial charge in [0.05, 0.1) is 18.6 Å². The van der Waals surface area contributed by atoms with Crippen LogP contribution >= 0.6 is 0 Å². The van der Waals surface area contributed by atoms with Crippen molar-refractivity contribution in [3.05, 3.63) is 107 Å². The molecule has 1 saturated heterocycles. The molecule has 2 atom stereocenters. The van der Waals surface area contributed by atoms with Crippen LogP contribution in [-0.4, -0.2) is 61.0 Å². The highest BCUT2D eigenvalue weighted by molar-refractivity contribution is 6.01. The first kappa shape index (κ1) is 25.2. The van der Waals surface area contributed by atoms with Crippen molar-refractivity contribution in [2.45, 2.75) is 37.4 Å². The molecule has 0 bridgehead atoms. The molecule has 0 saturated carbocycles. The van der Waals surface area contributed by atoms with E-state index in [1.165, 1.54) is 5.56 Å². The van der Waals surface area contributed by atoms with Gasteiger partial charge in [-0.3, -0.25) is 14.5 Å². The van der Waals surface area contributed by atoms with Crippen LogP contribution in [0.4, 0.5) is 0 Å². The molecule has 5 rings (SSSR count). The lowest BCUT2D eigenvalue weighted by Gasteiger charge is -2.42. The molecule has 1 N–H and O–H groups in total. The molecule has 192 valence electrons. The van der Waals surface area contributed by atoms with Crippen molar-refractivity contribution in [1.82, 2.24) is 15.1 Å². The summed E-state index contributed by atoms with van der Waals surface area (Å²) in [5, 5.41) is 3.37. The van der Waals surface area contributed by atoms with E-state index in [-0.39, 0.29) is 17.9 Å². The number of nitrogens with one attached hydrogen (secondary N) is 1. The first-order chi connectivity index (χ1) is 18.2. The Morgan fingerprint density at radius 3 is 2.27 bits per heavy atom. The van der Waals surface area contributed by atoms with Crippen molar-refractivity contribution in [3.63, 3.8) is 0 Å². The number of methoxy groups -OCH3 is 1. The zero-order valence-electron chi connectivity index (χ0n) is 21.4. The largest absolute Gasteiger partial charge is 0.383 e. The van der Waals surface area contributed by atoms with Gasteiger partial charge in [0.2, 0.25) is 5.91 Å². The molecule has 6 nitrogen and oxygen atoms in total. The molecule has 2 aliphatic rings. The van der Waals surface area contributed by atoms with E-state index in [0.29, 0.717) is 18.7 Å². The molecule has 1 fully saturated rings. The number of nitrogens with zero attached hydrogens (tertiary/aromatic N) is 2. The van der Waals surface area contributed by atoms with Crippen LogP contribution in [0.3, 0.4) is 0 Å². The number of amides is 2. The summed E-state index contributed by atoms with van der Waals surface area (Å²) in [4.78, 5) is 31.9. The molecule has 0 aliphatic carbocycles. The minimum Gasteiger partial charge on any atom is -0.383 e. The zero-order chi connectivity index (χ0) is 25.6. The van der Waals surface area contributed by atoms with Gasteiger partial charge in [-0.1, -0.05) is 78.9 Å². The van der Waals surface area contributed by atoms with Crippen molar-refractivity contribution in [2.24, 2.45) is 0 Å². The Labute approximate surface area is 219 Å². The second kappa shape index (κ2) is 11.7. The van der Waals surface area contributed by atoms with E-state index in [1.807, 2.05) is 65.6 Å². The van der Waals surface area contributed by atoms with Crippen LogP contribution in [0, 0.1) is 0 Å². The van der Waals surface area contributed by atoms with Crippen LogP contribution in [0.5, 0.6) is 0 Å². The summed E-state index contributed by atoms with van der Waals surface area (Å²) in [5.74, 6) is -0.562. The Morgan fingerprint density at radius 1 is 0.919 bits per heavy atom. The maximum atomic E-state index is 14.0. The lowest BCUT2D eigenvalue weighted by atomic mass is 9.79. The third-order valence-corrected chi connectivity index (χ3v) is 7.58. The molecular formula is C31H35N3O3. The number of hydrogen-bond donors (Lipinski definition) is 1. The summed E-state index contributed by atoms with van der Waals surface area (Å²) < 4.78 is 5.34. The number of fused-ring (bicyclic) bond motifs is 1. The van der Waals surface area contributed by atoms with E-state index >= 15 is 0 Å². The number of likely N-dealkylation sites (tertiary alicyclic amines) is 1. The third-order valence-electron chi connectivity index (χ3n) is 7.58. The summed E-state index contributed by atoms with van der Waals surface area (Å²) in [5.41, 5.74) is 3.67. The van der Waals surface area contributed by atoms with Gasteiger partial charge in [0.1, 0.15) is 0 Å². The molecule has 2 aliphatic heterocycles. The summed E-state index contributed by atoms with van der Waals surface area (Å²) in [6.07, 6.45) is 1.82. The standard InChI is InChI=1S/C31H35N3O3/c1-37-21-20-34-29(24-12-6-3-7-13-24)28(26-14-8-9-15-27(26)31(34)36)30(35)32-25-16-18-33(19-17-25)22-23-10-4-2-5-11-23/h2-15,25,28-29H,16-22H2,1H3,(H,32,35). The zero-order valence-corrected chi connectivity index (χ0v) is 21.4. The maximum absolute atomic E-state index is 14.0. The topological polar surface area (TPSA) is 61.9 Å². The fraction of sp³-hybridized carbons (Fsp3) is 0.355. The number of carbonyl (C=O) groups is 2. The first-order valence-corrected chi connectivity index (χ1v) is 13.2. The van der Waals surface area contributed by atoms with Crippen molar-refractivity contribution >= 4 is 11.8 Å². The lowest BCUT2D eigenvalue weighted by Crippen LogP contribution is -2.51. The summed E-state index contributed by atoms with van der Waals surface area (Å²) in [7, 11) is 1.63. The van der Waals surface area contributed by atoms with E-state index in [2.05, 4.69) is 34.5 Å². The highest BCUT2D eigenvalue weighted by Gasteiger charge is 2.44. The first-order valence-electron chi connectivity index (χ1n) is 13.2. The monoisotopic (exact) mass is 497 g/mol. The molecule has 3 aromatic carbocycles. The Morgan fingerprint density at radius 2 is 1.57 bits per heavy atom. The summed E-state index contributed by atoms with van der Waals surface area (Å²) in [6, 6.07) is 27.7. The second-order valence-corrected chi connectivity index (χ2v) is 9.96. The van der Waals surface area contributed by atoms with Gasteiger partial charge in [0.15, 0.2) is 0 Å². The number of hydrogen-bond acceptors (Lipinski definition) is 4. The predicted octanol–water partition coefficient (Wildman–Crippen LogP) is 4.39. The Bertz CT molecular complexity index is 1190. The number of carbonyl (C=O) groups excluding carboxylic acids is 2. The molecule has 2 heterocycles. The van der Waals surface area contributed by atoms with Gasteiger partial charge < -0.3 is 15.0 Å². The average molecular weight is 498 g/mol. The molecule has 2 unspecified atom stereocenters. The smallest absolute Gasteiger partial charge is 0.254 e. The molecule has 37 heavy (non-hydrogen) atoms. The van der Waals surface area contributed by atoms with Gasteiger partial charge in [-0.15, -0.1) is 0 Å². The van der Waals surface area contributed by atoms with Crippen LogP contribution in [0.1, 0.15) is 51.8 Å². The van der Waals surface area contributed by atoms with Gasteiger partial charge in [-0.25, -0.2) is 0 Å². The highest BCUT2D eigenvalue weighted by atomic mass is 16.5. The van der Waals surface area contributed by atoms with E-state index in [4.69, 9.17) is 4.74 Å². The molecule has 6 heteroatoms. The van der Waals surface area contributed by atoms with Gasteiger partial charge >= 0.3 is 0 Å². The summed E-state index contributed by atoms with van der Waals surface area (Å²) in [6.45, 7) is 3.66. The molecule has 0 radical (unpaired) electrons. The second-order valence-electron chi connectivity index (χ2n) is 9.96. The number of benzene rings is 3. The molecule has 0 aromatic heterocycles. The Hall–Kier alpha value is -3.48. The minimum atomic E-state index is -0.490. The predicted molar refractivity (Wildman–Crippen MR) is 144 cm³/mol. The van der Waals surface area contributed by atoms with E-state index < -0.39 is 12.0 Å². The van der Waals surface area contributed by atoms with Gasteiger partial charge in [-0.2, -0.15) is 0 Å². The van der Waals surface area contributed by atoms with E-state index in [0.717, 1.165) is 43.6 Å².